The van der Waals surface area contributed by atoms with Crippen LogP contribution in [0.1, 0.15) is 57.3 Å². The fourth-order valence-electron chi connectivity index (χ4n) is 1.92. The first-order chi connectivity index (χ1) is 9.07. The number of allylic oxidation sites excluding steroid dienone is 3. The van der Waals surface area contributed by atoms with Crippen molar-refractivity contribution in [2.45, 2.75) is 34.6 Å². The molecule has 1 heterocycles. The molecule has 1 aromatic rings. The normalized spacial score (nSPS) is 15.6. The molecule has 0 aliphatic heterocycles. The summed E-state index contributed by atoms with van der Waals surface area (Å²) in [7, 11) is 0. The van der Waals surface area contributed by atoms with Gasteiger partial charge in [-0.15, -0.1) is 0 Å². The van der Waals surface area contributed by atoms with Gasteiger partial charge >= 0.3 is 0 Å². The molecular formula is C18H24O. The van der Waals surface area contributed by atoms with Crippen molar-refractivity contribution in [1.82, 2.24) is 0 Å². The second-order valence-electron chi connectivity index (χ2n) is 4.85. The highest BCUT2D eigenvalue weighted by molar-refractivity contribution is 5.78. The first-order valence-electron chi connectivity index (χ1n) is 6.88. The van der Waals surface area contributed by atoms with Crippen LogP contribution < -0.4 is 0 Å². The van der Waals surface area contributed by atoms with Gasteiger partial charge in [0, 0.05) is 16.5 Å². The molecule has 0 bridgehead atoms. The molecule has 0 radical (unpaired) electrons. The van der Waals surface area contributed by atoms with Crippen LogP contribution in [0.4, 0.5) is 0 Å². The molecule has 0 saturated heterocycles. The summed E-state index contributed by atoms with van der Waals surface area (Å²) in [6, 6.07) is 0. The fraction of sp³-hybridized carbons (Fsp3) is 0.333. The van der Waals surface area contributed by atoms with Crippen molar-refractivity contribution in [3.63, 3.8) is 0 Å². The molecule has 19 heavy (non-hydrogen) atoms. The third kappa shape index (κ3) is 3.37. The minimum absolute atomic E-state index is 0.0702. The van der Waals surface area contributed by atoms with Crippen molar-refractivity contribution in [1.29, 1.82) is 0 Å². The standard InChI is InChI=1S/C16H18O.C2H6/c1-5-7-14-12(6-2)13-8-10-16(3,4)11-9-15(13)17-14;1-2/h5-11H,2H2,1,3-4H3;1-2H3/b7-5-;. The monoisotopic (exact) mass is 256 g/mol. The van der Waals surface area contributed by atoms with E-state index < -0.39 is 0 Å². The average molecular weight is 256 g/mol. The van der Waals surface area contributed by atoms with Crippen molar-refractivity contribution in [3.05, 3.63) is 47.5 Å². The predicted octanol–water partition coefficient (Wildman–Crippen LogP) is 6.05. The molecule has 0 atom stereocenters. The lowest BCUT2D eigenvalue weighted by atomic mass is 9.93. The summed E-state index contributed by atoms with van der Waals surface area (Å²) in [5, 5.41) is 0. The van der Waals surface area contributed by atoms with Crippen LogP contribution in [0, 0.1) is 5.41 Å². The lowest BCUT2D eigenvalue weighted by molar-refractivity contribution is 0.544. The summed E-state index contributed by atoms with van der Waals surface area (Å²) in [5.41, 5.74) is 2.26. The van der Waals surface area contributed by atoms with Crippen LogP contribution in [0.3, 0.4) is 0 Å². The van der Waals surface area contributed by atoms with E-state index in [-0.39, 0.29) is 5.41 Å². The highest BCUT2D eigenvalue weighted by atomic mass is 16.3. The molecule has 1 heteroatoms. The van der Waals surface area contributed by atoms with Crippen molar-refractivity contribution < 1.29 is 4.42 Å². The Balaban J connectivity index is 0.000000861. The van der Waals surface area contributed by atoms with Crippen LogP contribution in [0.5, 0.6) is 0 Å². The van der Waals surface area contributed by atoms with Gasteiger partial charge in [0.2, 0.25) is 0 Å². The van der Waals surface area contributed by atoms with E-state index in [1.165, 1.54) is 0 Å². The van der Waals surface area contributed by atoms with Crippen LogP contribution in [0.15, 0.2) is 29.2 Å². The van der Waals surface area contributed by atoms with Crippen LogP contribution in [0.2, 0.25) is 0 Å². The summed E-state index contributed by atoms with van der Waals surface area (Å²) < 4.78 is 5.85. The Morgan fingerprint density at radius 3 is 2.37 bits per heavy atom. The molecule has 1 aromatic heterocycles. The fourth-order valence-corrected chi connectivity index (χ4v) is 1.92. The zero-order chi connectivity index (χ0) is 14.5. The minimum Gasteiger partial charge on any atom is -0.456 e. The number of hydrogen-bond acceptors (Lipinski definition) is 1. The summed E-state index contributed by atoms with van der Waals surface area (Å²) >= 11 is 0. The molecule has 0 unspecified atom stereocenters. The van der Waals surface area contributed by atoms with Crippen molar-refractivity contribution in [2.24, 2.45) is 5.41 Å². The molecule has 0 spiro atoms. The largest absolute Gasteiger partial charge is 0.456 e. The molecule has 0 N–H and O–H groups in total. The van der Waals surface area contributed by atoms with E-state index in [0.29, 0.717) is 0 Å². The molecule has 1 nitrogen and oxygen atoms in total. The zero-order valence-electron chi connectivity index (χ0n) is 12.7. The number of rotatable bonds is 2. The Hall–Kier alpha value is -1.76. The van der Waals surface area contributed by atoms with E-state index in [2.05, 4.69) is 44.7 Å². The van der Waals surface area contributed by atoms with Crippen LogP contribution >= 0.6 is 0 Å². The van der Waals surface area contributed by atoms with Gasteiger partial charge in [0.25, 0.3) is 0 Å². The molecule has 1 aliphatic rings. The van der Waals surface area contributed by atoms with Gasteiger partial charge in [0.15, 0.2) is 0 Å². The molecule has 0 aromatic carbocycles. The lowest BCUT2D eigenvalue weighted by Crippen LogP contribution is -2.00. The first kappa shape index (κ1) is 15.3. The summed E-state index contributed by atoms with van der Waals surface area (Å²) in [5.74, 6) is 1.79. The van der Waals surface area contributed by atoms with Gasteiger partial charge in [-0.3, -0.25) is 0 Å². The highest BCUT2D eigenvalue weighted by Crippen LogP contribution is 2.33. The smallest absolute Gasteiger partial charge is 0.135 e. The number of furan rings is 1. The highest BCUT2D eigenvalue weighted by Gasteiger charge is 2.18. The van der Waals surface area contributed by atoms with Gasteiger partial charge in [-0.25, -0.2) is 0 Å². The summed E-state index contributed by atoms with van der Waals surface area (Å²) in [6.07, 6.45) is 14.3. The maximum Gasteiger partial charge on any atom is 0.135 e. The number of fused-ring (bicyclic) bond motifs is 1. The molecule has 0 amide bonds. The Morgan fingerprint density at radius 2 is 1.79 bits per heavy atom. The van der Waals surface area contributed by atoms with Crippen molar-refractivity contribution >= 4 is 24.3 Å². The van der Waals surface area contributed by atoms with E-state index in [9.17, 15) is 0 Å². The van der Waals surface area contributed by atoms with Crippen LogP contribution in [0.25, 0.3) is 24.3 Å². The average Bonchev–Trinajstić information content (AvgIpc) is 2.66. The van der Waals surface area contributed by atoms with Gasteiger partial charge in [0.1, 0.15) is 11.5 Å². The van der Waals surface area contributed by atoms with Crippen LogP contribution in [-0.2, 0) is 0 Å². The Kier molecular flexibility index (Phi) is 5.17. The predicted molar refractivity (Wildman–Crippen MR) is 86.7 cm³/mol. The summed E-state index contributed by atoms with van der Waals surface area (Å²) in [4.78, 5) is 0. The van der Waals surface area contributed by atoms with E-state index >= 15 is 0 Å². The molecule has 0 saturated carbocycles. The molecular weight excluding hydrogens is 232 g/mol. The SMILES string of the molecule is C=Cc1c(/C=C\C)oc2c1C=CC(C)(C)C=C2.CC. The minimum atomic E-state index is 0.0702. The molecule has 2 rings (SSSR count). The second kappa shape index (κ2) is 6.42. The third-order valence-corrected chi connectivity index (χ3v) is 2.91. The van der Waals surface area contributed by atoms with E-state index in [1.54, 1.807) is 0 Å². The lowest BCUT2D eigenvalue weighted by Gasteiger charge is -2.12. The Labute approximate surface area is 117 Å². The molecule has 102 valence electrons. The van der Waals surface area contributed by atoms with E-state index in [1.807, 2.05) is 39.0 Å². The third-order valence-electron chi connectivity index (χ3n) is 2.91. The molecule has 1 aliphatic carbocycles. The van der Waals surface area contributed by atoms with Gasteiger partial charge in [-0.05, 0) is 19.1 Å². The maximum atomic E-state index is 5.85. The van der Waals surface area contributed by atoms with Crippen LogP contribution in [-0.4, -0.2) is 0 Å². The number of hydrogen-bond donors (Lipinski definition) is 0. The second-order valence-corrected chi connectivity index (χ2v) is 4.85. The van der Waals surface area contributed by atoms with Gasteiger partial charge in [-0.2, -0.15) is 0 Å². The maximum absolute atomic E-state index is 5.85. The Bertz CT molecular complexity index is 522. The van der Waals surface area contributed by atoms with Crippen molar-refractivity contribution in [3.8, 4) is 0 Å². The van der Waals surface area contributed by atoms with E-state index in [4.69, 9.17) is 4.42 Å². The van der Waals surface area contributed by atoms with Crippen molar-refractivity contribution in [2.75, 3.05) is 0 Å². The Morgan fingerprint density at radius 1 is 1.16 bits per heavy atom. The zero-order valence-corrected chi connectivity index (χ0v) is 12.7. The topological polar surface area (TPSA) is 13.1 Å². The van der Waals surface area contributed by atoms with Gasteiger partial charge < -0.3 is 4.42 Å². The van der Waals surface area contributed by atoms with Gasteiger partial charge in [0.05, 0.1) is 0 Å². The molecule has 0 fully saturated rings. The first-order valence-corrected chi connectivity index (χ1v) is 6.88. The summed E-state index contributed by atoms with van der Waals surface area (Å²) in [6.45, 7) is 14.2. The quantitative estimate of drug-likeness (QED) is 0.628. The van der Waals surface area contributed by atoms with E-state index in [0.717, 1.165) is 22.6 Å². The van der Waals surface area contributed by atoms with Gasteiger partial charge in [-0.1, -0.05) is 64.7 Å².